The normalized spacial score (nSPS) is 11.3. The summed E-state index contributed by atoms with van der Waals surface area (Å²) in [4.78, 5) is 26.3. The van der Waals surface area contributed by atoms with Crippen molar-refractivity contribution in [2.45, 2.75) is 27.7 Å². The molecule has 138 valence electrons. The molecule has 0 aliphatic heterocycles. The number of aromatic carboxylic acids is 1. The number of aromatic nitrogens is 1. The smallest absolute Gasteiger partial charge is 0.340 e. The molecule has 0 aliphatic rings. The number of anilines is 1. The summed E-state index contributed by atoms with van der Waals surface area (Å²) < 4.78 is 5.08. The third kappa shape index (κ3) is 4.05. The van der Waals surface area contributed by atoms with Crippen LogP contribution in [0, 0.1) is 13.8 Å². The number of hydrogen-bond donors (Lipinski definition) is 3. The maximum absolute atomic E-state index is 12.1. The highest BCUT2D eigenvalue weighted by molar-refractivity contribution is 6.33. The third-order valence-corrected chi connectivity index (χ3v) is 4.17. The molecule has 0 bridgehead atoms. The highest BCUT2D eigenvalue weighted by atomic mass is 35.5. The molecule has 0 fully saturated rings. The zero-order valence-corrected chi connectivity index (χ0v) is 15.7. The molecule has 1 aromatic carbocycles. The number of halogens is 1. The van der Waals surface area contributed by atoms with Crippen molar-refractivity contribution in [2.24, 2.45) is 5.10 Å². The highest BCUT2D eigenvalue weighted by Gasteiger charge is 2.20. The van der Waals surface area contributed by atoms with Gasteiger partial charge in [0.2, 0.25) is 0 Å². The van der Waals surface area contributed by atoms with Crippen LogP contribution in [-0.2, 0) is 4.74 Å². The van der Waals surface area contributed by atoms with Crippen molar-refractivity contribution in [3.63, 3.8) is 0 Å². The molecule has 0 spiro atoms. The number of aromatic amines is 1. The summed E-state index contributed by atoms with van der Waals surface area (Å²) in [5.74, 6) is -1.44. The van der Waals surface area contributed by atoms with E-state index >= 15 is 0 Å². The van der Waals surface area contributed by atoms with Crippen LogP contribution in [0.2, 0.25) is 5.02 Å². The van der Waals surface area contributed by atoms with Gasteiger partial charge in [-0.2, -0.15) is 5.10 Å². The van der Waals surface area contributed by atoms with Crippen molar-refractivity contribution >= 4 is 34.9 Å². The Labute approximate surface area is 156 Å². The van der Waals surface area contributed by atoms with Gasteiger partial charge >= 0.3 is 11.9 Å². The van der Waals surface area contributed by atoms with Crippen LogP contribution in [-0.4, -0.2) is 34.3 Å². The Kier molecular flexibility index (Phi) is 6.05. The number of benzene rings is 1. The van der Waals surface area contributed by atoms with E-state index in [-0.39, 0.29) is 11.5 Å². The Morgan fingerprint density at radius 1 is 1.35 bits per heavy atom. The molecule has 0 radical (unpaired) electrons. The lowest BCUT2D eigenvalue weighted by atomic mass is 10.1. The van der Waals surface area contributed by atoms with E-state index in [4.69, 9.17) is 21.4 Å². The van der Waals surface area contributed by atoms with Crippen molar-refractivity contribution in [2.75, 3.05) is 12.0 Å². The Morgan fingerprint density at radius 3 is 2.65 bits per heavy atom. The van der Waals surface area contributed by atoms with Crippen LogP contribution in [0.15, 0.2) is 23.3 Å². The fraction of sp³-hybridized carbons (Fsp3) is 0.278. The van der Waals surface area contributed by atoms with Crippen molar-refractivity contribution < 1.29 is 19.4 Å². The molecule has 0 saturated carbocycles. The molecule has 2 rings (SSSR count). The van der Waals surface area contributed by atoms with E-state index in [1.807, 2.05) is 6.92 Å². The quantitative estimate of drug-likeness (QED) is 0.401. The lowest BCUT2D eigenvalue weighted by Gasteiger charge is -2.07. The maximum Gasteiger partial charge on any atom is 0.340 e. The number of hydrazone groups is 1. The zero-order valence-electron chi connectivity index (χ0n) is 14.9. The molecule has 2 aromatic rings. The van der Waals surface area contributed by atoms with E-state index in [2.05, 4.69) is 15.5 Å². The number of carboxylic acids is 1. The summed E-state index contributed by atoms with van der Waals surface area (Å²) >= 11 is 6.07. The second kappa shape index (κ2) is 8.05. The summed E-state index contributed by atoms with van der Waals surface area (Å²) in [5, 5.41) is 13.7. The monoisotopic (exact) mass is 377 g/mol. The number of carbonyl (C=O) groups is 2. The number of aryl methyl sites for hydroxylation is 1. The first-order chi connectivity index (χ1) is 12.3. The molecule has 0 atom stereocenters. The average molecular weight is 378 g/mol. The molecule has 0 amide bonds. The number of hydrogen-bond acceptors (Lipinski definition) is 5. The number of carboxylic acid groups (broad SMARTS) is 1. The standard InChI is InChI=1S/C18H20ClN3O4/c1-5-26-18(25)15-9(2)16(20-10(15)3)11(4)21-22-14-8-12(17(23)24)6-7-13(14)19/h6-8,20,22H,5H2,1-4H3,(H,23,24)/b21-11+. The first-order valence-corrected chi connectivity index (χ1v) is 8.33. The van der Waals surface area contributed by atoms with Crippen LogP contribution >= 0.6 is 11.6 Å². The fourth-order valence-corrected chi connectivity index (χ4v) is 2.73. The molecular weight excluding hydrogens is 358 g/mol. The molecule has 8 heteroatoms. The molecule has 1 heterocycles. The minimum atomic E-state index is -1.06. The molecule has 7 nitrogen and oxygen atoms in total. The van der Waals surface area contributed by atoms with E-state index in [0.717, 1.165) is 5.56 Å². The number of carbonyl (C=O) groups excluding carboxylic acids is 1. The van der Waals surface area contributed by atoms with E-state index in [9.17, 15) is 9.59 Å². The van der Waals surface area contributed by atoms with E-state index < -0.39 is 5.97 Å². The van der Waals surface area contributed by atoms with Gasteiger partial charge in [-0.15, -0.1) is 0 Å². The van der Waals surface area contributed by atoms with Crippen LogP contribution < -0.4 is 5.43 Å². The van der Waals surface area contributed by atoms with Gasteiger partial charge in [0.05, 0.1) is 39.8 Å². The van der Waals surface area contributed by atoms with Crippen LogP contribution in [0.25, 0.3) is 0 Å². The topological polar surface area (TPSA) is 104 Å². The second-order valence-electron chi connectivity index (χ2n) is 5.65. The SMILES string of the molecule is CCOC(=O)c1c(C)[nH]c(/C(C)=N/Nc2cc(C(=O)O)ccc2Cl)c1C. The van der Waals surface area contributed by atoms with Gasteiger partial charge in [0.25, 0.3) is 0 Å². The van der Waals surface area contributed by atoms with Gasteiger partial charge in [-0.3, -0.25) is 5.43 Å². The Hall–Kier alpha value is -2.80. The Bertz CT molecular complexity index is 887. The second-order valence-corrected chi connectivity index (χ2v) is 6.06. The summed E-state index contributed by atoms with van der Waals surface area (Å²) in [5.41, 5.74) is 6.42. The van der Waals surface area contributed by atoms with Gasteiger partial charge in [-0.25, -0.2) is 9.59 Å². The minimum absolute atomic E-state index is 0.0984. The third-order valence-electron chi connectivity index (χ3n) is 3.84. The van der Waals surface area contributed by atoms with Crippen molar-refractivity contribution in [1.82, 2.24) is 4.98 Å². The minimum Gasteiger partial charge on any atom is -0.478 e. The van der Waals surface area contributed by atoms with Gasteiger partial charge < -0.3 is 14.8 Å². The number of nitrogens with one attached hydrogen (secondary N) is 2. The number of nitrogens with zero attached hydrogens (tertiary/aromatic N) is 1. The zero-order chi connectivity index (χ0) is 19.4. The van der Waals surface area contributed by atoms with Crippen LogP contribution in [0.3, 0.4) is 0 Å². The van der Waals surface area contributed by atoms with Gasteiger partial charge in [0.15, 0.2) is 0 Å². The van der Waals surface area contributed by atoms with Crippen LogP contribution in [0.5, 0.6) is 0 Å². The van der Waals surface area contributed by atoms with E-state index in [1.165, 1.54) is 18.2 Å². The van der Waals surface area contributed by atoms with Crippen molar-refractivity contribution in [3.8, 4) is 0 Å². The number of esters is 1. The lowest BCUT2D eigenvalue weighted by molar-refractivity contribution is 0.0524. The molecule has 1 aromatic heterocycles. The molecule has 3 N–H and O–H groups in total. The number of ether oxygens (including phenoxy) is 1. The van der Waals surface area contributed by atoms with Gasteiger partial charge in [-0.05, 0) is 51.5 Å². The predicted octanol–water partition coefficient (Wildman–Crippen LogP) is 4.00. The molecule has 0 saturated heterocycles. The van der Waals surface area contributed by atoms with Crippen LogP contribution in [0.4, 0.5) is 5.69 Å². The van der Waals surface area contributed by atoms with Gasteiger partial charge in [-0.1, -0.05) is 11.6 Å². The summed E-state index contributed by atoms with van der Waals surface area (Å²) in [6, 6.07) is 4.30. The molecular formula is C18H20ClN3O4. The predicted molar refractivity (Wildman–Crippen MR) is 100 cm³/mol. The Balaban J connectivity index is 2.31. The van der Waals surface area contributed by atoms with Crippen LogP contribution in [0.1, 0.15) is 51.5 Å². The summed E-state index contributed by atoms with van der Waals surface area (Å²) in [6.07, 6.45) is 0. The largest absolute Gasteiger partial charge is 0.478 e. The van der Waals surface area contributed by atoms with Gasteiger partial charge in [0, 0.05) is 5.69 Å². The van der Waals surface area contributed by atoms with Crippen molar-refractivity contribution in [1.29, 1.82) is 0 Å². The van der Waals surface area contributed by atoms with Crippen molar-refractivity contribution in [3.05, 3.63) is 51.3 Å². The summed E-state index contributed by atoms with van der Waals surface area (Å²) in [7, 11) is 0. The highest BCUT2D eigenvalue weighted by Crippen LogP contribution is 2.24. The van der Waals surface area contributed by atoms with E-state index in [0.29, 0.717) is 40.0 Å². The molecule has 26 heavy (non-hydrogen) atoms. The Morgan fingerprint density at radius 2 is 2.04 bits per heavy atom. The van der Waals surface area contributed by atoms with E-state index in [1.54, 1.807) is 20.8 Å². The summed E-state index contributed by atoms with van der Waals surface area (Å²) in [6.45, 7) is 7.40. The van der Waals surface area contributed by atoms with Gasteiger partial charge in [0.1, 0.15) is 0 Å². The molecule has 0 unspecified atom stereocenters. The first-order valence-electron chi connectivity index (χ1n) is 7.96. The lowest BCUT2D eigenvalue weighted by Crippen LogP contribution is -2.07. The fourth-order valence-electron chi connectivity index (χ4n) is 2.57. The molecule has 0 aliphatic carbocycles. The first kappa shape index (κ1) is 19.5. The maximum atomic E-state index is 12.1. The average Bonchev–Trinajstić information content (AvgIpc) is 2.88. The number of H-pyrrole nitrogens is 1. The number of rotatable bonds is 6.